The quantitative estimate of drug-likeness (QED) is 0.452. The molecule has 0 aromatic heterocycles. The van der Waals surface area contributed by atoms with Gasteiger partial charge in [-0.25, -0.2) is 0 Å². The summed E-state index contributed by atoms with van der Waals surface area (Å²) in [5.41, 5.74) is 0. The zero-order chi connectivity index (χ0) is 4.12. The Bertz CT molecular complexity index is 18.3. The Kier molecular flexibility index (Phi) is 4.93. The van der Waals surface area contributed by atoms with Gasteiger partial charge in [-0.05, 0) is 6.42 Å². The van der Waals surface area contributed by atoms with Crippen LogP contribution in [-0.4, -0.2) is 23.2 Å². The van der Waals surface area contributed by atoms with E-state index in [0.717, 1.165) is 13.0 Å². The Balaban J connectivity index is 0. The molecule has 2 radical (unpaired) electrons. The molecule has 0 aromatic rings. The maximum absolute atomic E-state index is 4.61. The third-order valence-electron chi connectivity index (χ3n) is 0.322. The fourth-order valence-electron chi connectivity index (χ4n) is 0.118. The van der Waals surface area contributed by atoms with E-state index in [1.165, 1.54) is 0 Å². The van der Waals surface area contributed by atoms with Gasteiger partial charge in [0.1, 0.15) is 0 Å². The zero-order valence-electron chi connectivity index (χ0n) is 3.40. The van der Waals surface area contributed by atoms with Crippen molar-refractivity contribution in [2.24, 2.45) is 0 Å². The minimum Gasteiger partial charge on any atom is -0.516 e. The third-order valence-corrected chi connectivity index (χ3v) is 0.558. The van der Waals surface area contributed by atoms with Crippen LogP contribution in [0.4, 0.5) is 0 Å². The summed E-state index contributed by atoms with van der Waals surface area (Å²) in [6.45, 7) is 2.93. The van der Waals surface area contributed by atoms with E-state index >= 15 is 0 Å². The van der Waals surface area contributed by atoms with Crippen molar-refractivity contribution in [1.29, 1.82) is 0 Å². The maximum atomic E-state index is 4.61. The first kappa shape index (κ1) is 5.49. The smallest absolute Gasteiger partial charge is 0.369 e. The molecule has 0 aromatic carbocycles. The van der Waals surface area contributed by atoms with Crippen molar-refractivity contribution in [3.8, 4) is 0 Å². The summed E-state index contributed by atoms with van der Waals surface area (Å²) in [7, 11) is 0. The number of hydrogen-bond donors (Lipinski definition) is 0. The summed E-state index contributed by atoms with van der Waals surface area (Å²) >= 11 is 2.20. The van der Waals surface area contributed by atoms with Crippen molar-refractivity contribution in [3.05, 3.63) is 0 Å². The first-order chi connectivity index (χ1) is 2.41. The molecule has 0 heterocycles. The zero-order valence-corrected chi connectivity index (χ0v) is 4.55. The predicted molar refractivity (Wildman–Crippen MR) is 24.1 cm³/mol. The second-order valence-electron chi connectivity index (χ2n) is 0.871. The summed E-state index contributed by atoms with van der Waals surface area (Å²) in [5.74, 6) is 0. The van der Waals surface area contributed by atoms with Gasteiger partial charge < -0.3 is 3.79 Å². The molecule has 5 heavy (non-hydrogen) atoms. The van der Waals surface area contributed by atoms with Crippen LogP contribution in [0.2, 0.25) is 0 Å². The summed E-state index contributed by atoms with van der Waals surface area (Å²) in [4.78, 5) is 0. The molecule has 0 unspecified atom stereocenters. The van der Waals surface area contributed by atoms with Crippen LogP contribution in [-0.2, 0) is 3.79 Å². The molecule has 0 saturated heterocycles. The lowest BCUT2D eigenvalue weighted by atomic mass is 10.5. The van der Waals surface area contributed by atoms with Gasteiger partial charge in [-0.15, -0.1) is 0 Å². The minimum absolute atomic E-state index is 0. The average Bonchev–Trinajstić information content (AvgIpc) is 1.41. The Morgan fingerprint density at radius 3 is 2.60 bits per heavy atom. The van der Waals surface area contributed by atoms with E-state index in [0.29, 0.717) is 0 Å². The molecule has 0 aliphatic heterocycles. The van der Waals surface area contributed by atoms with Crippen molar-refractivity contribution in [2.45, 2.75) is 13.3 Å². The van der Waals surface area contributed by atoms with Crippen LogP contribution in [0.5, 0.6) is 0 Å². The Morgan fingerprint density at radius 1 is 2.00 bits per heavy atom. The summed E-state index contributed by atoms with van der Waals surface area (Å²) in [6, 6.07) is 0. The third kappa shape index (κ3) is 4.49. The monoisotopic (exact) mass is 88.0 g/mol. The summed E-state index contributed by atoms with van der Waals surface area (Å²) < 4.78 is 4.61. The Morgan fingerprint density at radius 2 is 2.60 bits per heavy atom. The van der Waals surface area contributed by atoms with Crippen LogP contribution in [0.1, 0.15) is 14.8 Å². The first-order valence-corrected chi connectivity index (χ1v) is 2.20. The van der Waals surface area contributed by atoms with E-state index in [4.69, 9.17) is 0 Å². The largest absolute Gasteiger partial charge is 0.516 e. The van der Waals surface area contributed by atoms with Crippen LogP contribution in [0.15, 0.2) is 0 Å². The van der Waals surface area contributed by atoms with E-state index in [1.54, 1.807) is 0 Å². The molecule has 0 atom stereocenters. The highest BCUT2D eigenvalue weighted by molar-refractivity contribution is 5.97. The lowest BCUT2D eigenvalue weighted by Gasteiger charge is -1.87. The molecule has 0 fully saturated rings. The average molecular weight is 88.1 g/mol. The van der Waals surface area contributed by atoms with Gasteiger partial charge in [0.25, 0.3) is 0 Å². The molecular weight excluding hydrogens is 79.0 g/mol. The molecule has 0 N–H and O–H groups in total. The van der Waals surface area contributed by atoms with Crippen molar-refractivity contribution in [1.82, 2.24) is 0 Å². The fraction of sp³-hybridized carbons (Fsp3) is 1.00. The minimum atomic E-state index is 0. The van der Waals surface area contributed by atoms with E-state index in [9.17, 15) is 0 Å². The molecule has 0 spiro atoms. The second kappa shape index (κ2) is 4.49. The van der Waals surface area contributed by atoms with E-state index in [2.05, 4.69) is 27.3 Å². The van der Waals surface area contributed by atoms with Gasteiger partial charge in [0, 0.05) is 8.03 Å². The molecule has 0 bridgehead atoms. The number of hydrogen-bond acceptors (Lipinski definition) is 1. The highest BCUT2D eigenvalue weighted by atomic mass is 27.1. The molecule has 0 aliphatic carbocycles. The molecule has 30 valence electrons. The van der Waals surface area contributed by atoms with Crippen molar-refractivity contribution in [2.75, 3.05) is 6.61 Å². The lowest BCUT2D eigenvalue weighted by molar-refractivity contribution is 0.349. The Labute approximate surface area is 42.6 Å². The van der Waals surface area contributed by atoms with Gasteiger partial charge >= 0.3 is 16.6 Å². The summed E-state index contributed by atoms with van der Waals surface area (Å²) in [6.07, 6.45) is 1.10. The Hall–Kier alpha value is 0.492. The van der Waals surface area contributed by atoms with Gasteiger partial charge in [-0.3, -0.25) is 0 Å². The molecule has 1 nitrogen and oxygen atoms in total. The lowest BCUT2D eigenvalue weighted by Crippen LogP contribution is -1.83. The predicted octanol–water partition coefficient (Wildman–Crippen LogP) is 0.742. The van der Waals surface area contributed by atoms with Gasteiger partial charge in [0.2, 0.25) is 0 Å². The topological polar surface area (TPSA) is 9.23 Å². The van der Waals surface area contributed by atoms with Gasteiger partial charge in [-0.2, -0.15) is 0 Å². The highest BCUT2D eigenvalue weighted by Gasteiger charge is 1.65. The molecule has 2 heteroatoms. The SMILES string of the molecule is CCC[O][Al].[HH]. The van der Waals surface area contributed by atoms with Crippen molar-refractivity contribution < 1.29 is 5.22 Å². The highest BCUT2D eigenvalue weighted by Crippen LogP contribution is 1.69. The molecular formula is C3H9AlO. The number of rotatable bonds is 2. The van der Waals surface area contributed by atoms with Gasteiger partial charge in [-0.1, -0.05) is 6.92 Å². The summed E-state index contributed by atoms with van der Waals surface area (Å²) in [5, 5.41) is 0. The molecule has 0 aliphatic rings. The standard InChI is InChI=1S/C3H7O.Al.H2/c1-2-3-4;;/h2-3H2,1H3;;1H/q-1;+1;. The molecule has 0 saturated carbocycles. The van der Waals surface area contributed by atoms with E-state index in [-0.39, 0.29) is 1.43 Å². The maximum Gasteiger partial charge on any atom is 0.369 e. The normalized spacial score (nSPS) is 8.20. The van der Waals surface area contributed by atoms with Gasteiger partial charge in [0.05, 0.1) is 0 Å². The van der Waals surface area contributed by atoms with Gasteiger partial charge in [0.15, 0.2) is 0 Å². The molecule has 0 amide bonds. The van der Waals surface area contributed by atoms with E-state index in [1.807, 2.05) is 0 Å². The van der Waals surface area contributed by atoms with Crippen LogP contribution < -0.4 is 0 Å². The van der Waals surface area contributed by atoms with Crippen LogP contribution in [0.3, 0.4) is 0 Å². The second-order valence-corrected chi connectivity index (χ2v) is 1.20. The fourth-order valence-corrected chi connectivity index (χ4v) is 0.354. The first-order valence-electron chi connectivity index (χ1n) is 1.73. The van der Waals surface area contributed by atoms with Crippen LogP contribution >= 0.6 is 0 Å². The van der Waals surface area contributed by atoms with Crippen molar-refractivity contribution in [3.63, 3.8) is 0 Å². The van der Waals surface area contributed by atoms with E-state index < -0.39 is 0 Å². The van der Waals surface area contributed by atoms with Crippen LogP contribution in [0, 0.1) is 0 Å². The van der Waals surface area contributed by atoms with Crippen LogP contribution in [0.25, 0.3) is 0 Å². The van der Waals surface area contributed by atoms with Crippen molar-refractivity contribution >= 4 is 16.6 Å². The molecule has 0 rings (SSSR count).